The van der Waals surface area contributed by atoms with Gasteiger partial charge in [-0.1, -0.05) is 48.0 Å². The van der Waals surface area contributed by atoms with Gasteiger partial charge in [0.15, 0.2) is 15.9 Å². The van der Waals surface area contributed by atoms with Crippen molar-refractivity contribution in [1.82, 2.24) is 4.90 Å². The molecule has 1 aliphatic heterocycles. The number of ether oxygens (including phenoxy) is 1. The van der Waals surface area contributed by atoms with E-state index in [0.717, 1.165) is 0 Å². The topological polar surface area (TPSA) is 63.7 Å². The van der Waals surface area contributed by atoms with Crippen LogP contribution in [0.15, 0.2) is 54.6 Å². The molecule has 5 nitrogen and oxygen atoms in total. The minimum absolute atomic E-state index is 0.0906. The van der Waals surface area contributed by atoms with Crippen molar-refractivity contribution in [2.45, 2.75) is 24.7 Å². The number of amides is 1. The molecule has 2 aromatic rings. The lowest BCUT2D eigenvalue weighted by Crippen LogP contribution is -2.41. The number of benzene rings is 2. The van der Waals surface area contributed by atoms with Crippen molar-refractivity contribution in [3.8, 4) is 5.75 Å². The summed E-state index contributed by atoms with van der Waals surface area (Å²) in [5.41, 5.74) is 0.599. The summed E-state index contributed by atoms with van der Waals surface area (Å²) in [4.78, 5) is 14.3. The molecular weight excluding hydrogens is 386 g/mol. The van der Waals surface area contributed by atoms with Gasteiger partial charge in [0.2, 0.25) is 0 Å². The maximum atomic E-state index is 12.8. The number of hydrogen-bond acceptors (Lipinski definition) is 4. The van der Waals surface area contributed by atoms with Crippen LogP contribution in [0.5, 0.6) is 5.75 Å². The Hall–Kier alpha value is -2.05. The second kappa shape index (κ2) is 8.31. The van der Waals surface area contributed by atoms with Crippen LogP contribution in [0.1, 0.15) is 24.2 Å². The third-order valence-electron chi connectivity index (χ3n) is 4.71. The number of hydrogen-bond donors (Lipinski definition) is 0. The molecule has 0 radical (unpaired) electrons. The molecule has 7 heteroatoms. The number of nitrogens with zero attached hydrogens (tertiary/aromatic N) is 1. The molecule has 0 spiro atoms. The van der Waals surface area contributed by atoms with Gasteiger partial charge in [0.25, 0.3) is 5.91 Å². The van der Waals surface area contributed by atoms with Crippen LogP contribution in [-0.4, -0.2) is 44.2 Å². The monoisotopic (exact) mass is 407 g/mol. The van der Waals surface area contributed by atoms with Gasteiger partial charge in [-0.05, 0) is 37.1 Å². The lowest BCUT2D eigenvalue weighted by atomic mass is 10.1. The van der Waals surface area contributed by atoms with Gasteiger partial charge in [-0.25, -0.2) is 8.42 Å². The van der Waals surface area contributed by atoms with E-state index in [-0.39, 0.29) is 18.2 Å². The summed E-state index contributed by atoms with van der Waals surface area (Å²) in [7, 11) is -3.41. The van der Waals surface area contributed by atoms with E-state index < -0.39 is 21.2 Å². The quantitative estimate of drug-likeness (QED) is 0.778. The first-order valence-corrected chi connectivity index (χ1v) is 10.9. The molecule has 3 rings (SSSR count). The van der Waals surface area contributed by atoms with Crippen molar-refractivity contribution in [1.29, 1.82) is 0 Å². The fraction of sp³-hybridized carbons (Fsp3) is 0.350. The first-order chi connectivity index (χ1) is 12.9. The van der Waals surface area contributed by atoms with Crippen LogP contribution in [0.4, 0.5) is 0 Å². The van der Waals surface area contributed by atoms with Crippen LogP contribution in [0.2, 0.25) is 5.02 Å². The molecule has 1 aliphatic rings. The van der Waals surface area contributed by atoms with Gasteiger partial charge < -0.3 is 9.64 Å². The maximum Gasteiger partial charge on any atom is 0.263 e. The minimum atomic E-state index is -3.41. The van der Waals surface area contributed by atoms with Gasteiger partial charge in [-0.3, -0.25) is 4.79 Å². The third kappa shape index (κ3) is 4.62. The van der Waals surface area contributed by atoms with Gasteiger partial charge in [-0.2, -0.15) is 0 Å². The Morgan fingerprint density at radius 2 is 1.78 bits per heavy atom. The lowest BCUT2D eigenvalue weighted by molar-refractivity contribution is -0.137. The highest BCUT2D eigenvalue weighted by Crippen LogP contribution is 2.34. The summed E-state index contributed by atoms with van der Waals surface area (Å²) >= 11 is 6.21. The predicted molar refractivity (Wildman–Crippen MR) is 106 cm³/mol. The van der Waals surface area contributed by atoms with E-state index >= 15 is 0 Å². The normalized spacial score (nSPS) is 20.5. The van der Waals surface area contributed by atoms with E-state index in [9.17, 15) is 13.2 Å². The van der Waals surface area contributed by atoms with Crippen molar-refractivity contribution < 1.29 is 17.9 Å². The van der Waals surface area contributed by atoms with E-state index in [2.05, 4.69) is 0 Å². The van der Waals surface area contributed by atoms with Crippen LogP contribution >= 0.6 is 11.6 Å². The number of rotatable bonds is 4. The molecule has 0 bridgehead atoms. The second-order valence-corrected chi connectivity index (χ2v) is 9.27. The highest BCUT2D eigenvalue weighted by atomic mass is 35.5. The lowest BCUT2D eigenvalue weighted by Gasteiger charge is -2.24. The third-order valence-corrected chi connectivity index (χ3v) is 7.16. The van der Waals surface area contributed by atoms with Gasteiger partial charge in [0.05, 0.1) is 11.0 Å². The molecule has 0 unspecified atom stereocenters. The van der Waals surface area contributed by atoms with Crippen molar-refractivity contribution >= 4 is 27.3 Å². The van der Waals surface area contributed by atoms with Gasteiger partial charge >= 0.3 is 0 Å². The molecule has 0 aliphatic carbocycles. The fourth-order valence-corrected chi connectivity index (χ4v) is 5.41. The zero-order chi connectivity index (χ0) is 19.4. The van der Waals surface area contributed by atoms with Gasteiger partial charge in [0.1, 0.15) is 5.75 Å². The summed E-state index contributed by atoms with van der Waals surface area (Å²) < 4.78 is 31.2. The van der Waals surface area contributed by atoms with Crippen molar-refractivity contribution in [2.75, 3.05) is 18.8 Å². The van der Waals surface area contributed by atoms with E-state index in [0.29, 0.717) is 29.3 Å². The van der Waals surface area contributed by atoms with E-state index in [4.69, 9.17) is 16.3 Å². The molecule has 1 heterocycles. The first kappa shape index (κ1) is 19.7. The molecular formula is C20H22ClNO4S. The standard InChI is InChI=1S/C20H22ClNO4S/c1-15(26-16-7-3-2-4-8-16)20(23)22-12-11-19(27(24,25)14-13-22)17-9-5-6-10-18(17)21/h2-10,15,19H,11-14H2,1H3/t15-,19+/m0/s1. The summed E-state index contributed by atoms with van der Waals surface area (Å²) in [5, 5.41) is -0.263. The fourth-order valence-electron chi connectivity index (χ4n) is 3.26. The van der Waals surface area contributed by atoms with Crippen LogP contribution in [0.25, 0.3) is 0 Å². The van der Waals surface area contributed by atoms with Crippen LogP contribution < -0.4 is 4.74 Å². The SMILES string of the molecule is C[C@H](Oc1ccccc1)C(=O)N1CC[C@H](c2ccccc2Cl)S(=O)(=O)CC1. The Labute approximate surface area is 164 Å². The Bertz CT molecular complexity index is 901. The molecule has 0 N–H and O–H groups in total. The highest BCUT2D eigenvalue weighted by molar-refractivity contribution is 7.91. The summed E-state index contributed by atoms with van der Waals surface area (Å²) in [6.07, 6.45) is -0.373. The minimum Gasteiger partial charge on any atom is -0.481 e. The van der Waals surface area contributed by atoms with E-state index in [1.807, 2.05) is 18.2 Å². The summed E-state index contributed by atoms with van der Waals surface area (Å²) in [5.74, 6) is 0.302. The number of sulfone groups is 1. The van der Waals surface area contributed by atoms with Gasteiger partial charge in [0, 0.05) is 18.1 Å². The largest absolute Gasteiger partial charge is 0.481 e. The maximum absolute atomic E-state index is 12.8. The Morgan fingerprint density at radius 3 is 2.48 bits per heavy atom. The number of halogens is 1. The Kier molecular flexibility index (Phi) is 6.07. The molecule has 2 atom stereocenters. The average molecular weight is 408 g/mol. The zero-order valence-corrected chi connectivity index (χ0v) is 16.6. The molecule has 0 saturated carbocycles. The Balaban J connectivity index is 1.73. The van der Waals surface area contributed by atoms with Crippen molar-refractivity contribution in [3.05, 3.63) is 65.2 Å². The van der Waals surface area contributed by atoms with E-state index in [1.165, 1.54) is 0 Å². The Morgan fingerprint density at radius 1 is 1.11 bits per heavy atom. The molecule has 1 amide bonds. The van der Waals surface area contributed by atoms with E-state index in [1.54, 1.807) is 48.2 Å². The molecule has 27 heavy (non-hydrogen) atoms. The van der Waals surface area contributed by atoms with Crippen molar-refractivity contribution in [3.63, 3.8) is 0 Å². The number of carbonyl (C=O) groups excluding carboxylic acids is 1. The first-order valence-electron chi connectivity index (χ1n) is 8.85. The molecule has 0 aromatic heterocycles. The highest BCUT2D eigenvalue weighted by Gasteiger charge is 2.35. The molecule has 2 aromatic carbocycles. The zero-order valence-electron chi connectivity index (χ0n) is 15.0. The average Bonchev–Trinajstić information content (AvgIpc) is 2.80. The molecule has 144 valence electrons. The molecule has 1 fully saturated rings. The van der Waals surface area contributed by atoms with Crippen LogP contribution in [-0.2, 0) is 14.6 Å². The smallest absolute Gasteiger partial charge is 0.263 e. The van der Waals surface area contributed by atoms with Crippen LogP contribution in [0, 0.1) is 0 Å². The van der Waals surface area contributed by atoms with Crippen LogP contribution in [0.3, 0.4) is 0 Å². The van der Waals surface area contributed by atoms with Gasteiger partial charge in [-0.15, -0.1) is 0 Å². The predicted octanol–water partition coefficient (Wildman–Crippen LogP) is 3.50. The summed E-state index contributed by atoms with van der Waals surface area (Å²) in [6, 6.07) is 16.1. The van der Waals surface area contributed by atoms with Crippen molar-refractivity contribution in [2.24, 2.45) is 0 Å². The number of carbonyl (C=O) groups is 1. The number of para-hydroxylation sites is 1. The summed E-state index contributed by atoms with van der Waals surface area (Å²) in [6.45, 7) is 2.18. The second-order valence-electron chi connectivity index (χ2n) is 6.56. The molecule has 1 saturated heterocycles.